The predicted octanol–water partition coefficient (Wildman–Crippen LogP) is 1.47. The van der Waals surface area contributed by atoms with Gasteiger partial charge in [-0.25, -0.2) is 0 Å². The molecule has 0 saturated heterocycles. The molecule has 1 aromatic carbocycles. The van der Waals surface area contributed by atoms with Gasteiger partial charge in [-0.15, -0.1) is 10.2 Å². The van der Waals surface area contributed by atoms with Gasteiger partial charge in [0.25, 0.3) is 11.3 Å². The van der Waals surface area contributed by atoms with Crippen molar-refractivity contribution in [1.29, 1.82) is 0 Å². The number of hydrogen-bond acceptors (Lipinski definition) is 6. The molecule has 0 fully saturated rings. The molecule has 0 atom stereocenters. The Labute approximate surface area is 138 Å². The SMILES string of the molecule is COc1ccccc1/C=N\n1c(=O)c(C(C)(C)C)nn2cnnc12. The molecule has 0 bridgehead atoms. The third-order valence-electron chi connectivity index (χ3n) is 3.47. The highest BCUT2D eigenvalue weighted by Crippen LogP contribution is 2.17. The van der Waals surface area contributed by atoms with Gasteiger partial charge >= 0.3 is 0 Å². The van der Waals surface area contributed by atoms with Gasteiger partial charge in [0.1, 0.15) is 17.8 Å². The zero-order chi connectivity index (χ0) is 17.3. The Hall–Kier alpha value is -3.03. The van der Waals surface area contributed by atoms with Crippen LogP contribution in [0.1, 0.15) is 32.0 Å². The fraction of sp³-hybridized carbons (Fsp3) is 0.312. The van der Waals surface area contributed by atoms with Crippen LogP contribution in [0.4, 0.5) is 0 Å². The molecule has 0 amide bonds. The molecule has 2 aromatic heterocycles. The summed E-state index contributed by atoms with van der Waals surface area (Å²) in [6.45, 7) is 5.75. The quantitative estimate of drug-likeness (QED) is 0.680. The normalized spacial score (nSPS) is 12.2. The Bertz CT molecular complexity index is 965. The summed E-state index contributed by atoms with van der Waals surface area (Å²) in [5, 5.41) is 16.3. The molecule has 24 heavy (non-hydrogen) atoms. The monoisotopic (exact) mass is 326 g/mol. The van der Waals surface area contributed by atoms with Gasteiger partial charge in [-0.2, -0.15) is 19.4 Å². The lowest BCUT2D eigenvalue weighted by molar-refractivity contribution is 0.414. The van der Waals surface area contributed by atoms with Gasteiger partial charge in [-0.1, -0.05) is 32.9 Å². The first-order chi connectivity index (χ1) is 11.4. The summed E-state index contributed by atoms with van der Waals surface area (Å²) in [6, 6.07) is 7.40. The lowest BCUT2D eigenvalue weighted by Crippen LogP contribution is -2.33. The number of hydrogen-bond donors (Lipinski definition) is 0. The van der Waals surface area contributed by atoms with Crippen molar-refractivity contribution in [2.45, 2.75) is 26.2 Å². The topological polar surface area (TPSA) is 86.7 Å². The number of rotatable bonds is 3. The fourth-order valence-electron chi connectivity index (χ4n) is 2.24. The number of nitrogens with zero attached hydrogens (tertiary/aromatic N) is 6. The Morgan fingerprint density at radius 3 is 2.71 bits per heavy atom. The molecule has 8 heteroatoms. The number of ether oxygens (including phenoxy) is 1. The molecular formula is C16H18N6O2. The van der Waals surface area contributed by atoms with Crippen molar-refractivity contribution in [3.05, 3.63) is 52.2 Å². The van der Waals surface area contributed by atoms with Crippen LogP contribution in [0.25, 0.3) is 5.78 Å². The van der Waals surface area contributed by atoms with Crippen molar-refractivity contribution >= 4 is 12.0 Å². The fourth-order valence-corrected chi connectivity index (χ4v) is 2.24. The predicted molar refractivity (Wildman–Crippen MR) is 89.7 cm³/mol. The van der Waals surface area contributed by atoms with Gasteiger partial charge in [-0.3, -0.25) is 4.79 Å². The van der Waals surface area contributed by atoms with Crippen molar-refractivity contribution in [3.8, 4) is 5.75 Å². The van der Waals surface area contributed by atoms with Crippen molar-refractivity contribution in [2.75, 3.05) is 7.11 Å². The number of methoxy groups -OCH3 is 1. The molecule has 0 aliphatic heterocycles. The molecule has 0 unspecified atom stereocenters. The van der Waals surface area contributed by atoms with E-state index in [1.165, 1.54) is 15.5 Å². The Balaban J connectivity index is 2.19. The molecule has 0 N–H and O–H groups in total. The maximum Gasteiger partial charge on any atom is 0.298 e. The summed E-state index contributed by atoms with van der Waals surface area (Å²) in [5.74, 6) is 0.913. The Morgan fingerprint density at radius 2 is 2.00 bits per heavy atom. The van der Waals surface area contributed by atoms with Crippen LogP contribution in [0.15, 0.2) is 40.5 Å². The third kappa shape index (κ3) is 2.78. The van der Waals surface area contributed by atoms with Crippen LogP contribution < -0.4 is 10.3 Å². The Kier molecular flexibility index (Phi) is 3.88. The van der Waals surface area contributed by atoms with E-state index < -0.39 is 5.41 Å². The van der Waals surface area contributed by atoms with Gasteiger partial charge in [0, 0.05) is 11.0 Å². The molecule has 8 nitrogen and oxygen atoms in total. The van der Waals surface area contributed by atoms with Gasteiger partial charge < -0.3 is 4.74 Å². The van der Waals surface area contributed by atoms with Crippen molar-refractivity contribution in [2.24, 2.45) is 5.10 Å². The van der Waals surface area contributed by atoms with Gasteiger partial charge in [0.2, 0.25) is 0 Å². The molecule has 3 rings (SSSR count). The number of para-hydroxylation sites is 1. The second-order valence-electron chi connectivity index (χ2n) is 6.28. The van der Waals surface area contributed by atoms with Crippen LogP contribution >= 0.6 is 0 Å². The number of benzene rings is 1. The van der Waals surface area contributed by atoms with Gasteiger partial charge in [0.15, 0.2) is 0 Å². The lowest BCUT2D eigenvalue weighted by Gasteiger charge is -2.16. The van der Waals surface area contributed by atoms with E-state index in [-0.39, 0.29) is 11.3 Å². The second-order valence-corrected chi connectivity index (χ2v) is 6.28. The summed E-state index contributed by atoms with van der Waals surface area (Å²) in [5.41, 5.74) is 0.372. The zero-order valence-corrected chi connectivity index (χ0v) is 14.0. The largest absolute Gasteiger partial charge is 0.496 e. The zero-order valence-electron chi connectivity index (χ0n) is 14.0. The average Bonchev–Trinajstić information content (AvgIpc) is 3.01. The van der Waals surface area contributed by atoms with Crippen LogP contribution in [0.3, 0.4) is 0 Å². The first kappa shape index (κ1) is 15.9. The van der Waals surface area contributed by atoms with E-state index in [0.717, 1.165) is 5.56 Å². The summed E-state index contributed by atoms with van der Waals surface area (Å²) in [7, 11) is 1.58. The smallest absolute Gasteiger partial charge is 0.298 e. The van der Waals surface area contributed by atoms with E-state index in [2.05, 4.69) is 20.4 Å². The minimum atomic E-state index is -0.433. The summed E-state index contributed by atoms with van der Waals surface area (Å²) < 4.78 is 7.94. The van der Waals surface area contributed by atoms with Crippen LogP contribution in [0.5, 0.6) is 5.75 Å². The van der Waals surface area contributed by atoms with E-state index in [0.29, 0.717) is 11.4 Å². The van der Waals surface area contributed by atoms with E-state index in [9.17, 15) is 4.79 Å². The molecule has 0 spiro atoms. The molecule has 2 heterocycles. The third-order valence-corrected chi connectivity index (χ3v) is 3.47. The minimum Gasteiger partial charge on any atom is -0.496 e. The van der Waals surface area contributed by atoms with E-state index in [1.807, 2.05) is 45.0 Å². The second kappa shape index (κ2) is 5.88. The highest BCUT2D eigenvalue weighted by molar-refractivity contribution is 5.83. The summed E-state index contributed by atoms with van der Waals surface area (Å²) >= 11 is 0. The van der Waals surface area contributed by atoms with Crippen LogP contribution in [-0.2, 0) is 5.41 Å². The van der Waals surface area contributed by atoms with Crippen LogP contribution in [-0.4, -0.2) is 37.8 Å². The van der Waals surface area contributed by atoms with E-state index in [1.54, 1.807) is 13.3 Å². The van der Waals surface area contributed by atoms with Gasteiger partial charge in [-0.05, 0) is 12.1 Å². The van der Waals surface area contributed by atoms with E-state index >= 15 is 0 Å². The molecule has 3 aromatic rings. The van der Waals surface area contributed by atoms with Crippen molar-refractivity contribution < 1.29 is 4.74 Å². The first-order valence-electron chi connectivity index (χ1n) is 7.43. The van der Waals surface area contributed by atoms with Crippen LogP contribution in [0, 0.1) is 0 Å². The minimum absolute atomic E-state index is 0.249. The molecular weight excluding hydrogens is 308 g/mol. The van der Waals surface area contributed by atoms with Gasteiger partial charge in [0.05, 0.1) is 13.3 Å². The number of aromatic nitrogens is 5. The standard InChI is InChI=1S/C16H18N6O2/c1-16(2,3)13-14(23)22(15-19-17-10-21(15)20-13)18-9-11-7-5-6-8-12(11)24-4/h5-10H,1-4H3/b18-9-. The molecule has 0 aliphatic carbocycles. The van der Waals surface area contributed by atoms with E-state index in [4.69, 9.17) is 4.74 Å². The van der Waals surface area contributed by atoms with Crippen LogP contribution in [0.2, 0.25) is 0 Å². The summed E-state index contributed by atoms with van der Waals surface area (Å²) in [6.07, 6.45) is 3.00. The lowest BCUT2D eigenvalue weighted by atomic mass is 9.93. The molecule has 0 radical (unpaired) electrons. The molecule has 0 saturated carbocycles. The summed E-state index contributed by atoms with van der Waals surface area (Å²) in [4.78, 5) is 12.8. The average molecular weight is 326 g/mol. The number of fused-ring (bicyclic) bond motifs is 1. The molecule has 0 aliphatic rings. The van der Waals surface area contributed by atoms with Crippen molar-refractivity contribution in [3.63, 3.8) is 0 Å². The maximum absolute atomic E-state index is 12.8. The first-order valence-corrected chi connectivity index (χ1v) is 7.43. The highest BCUT2D eigenvalue weighted by atomic mass is 16.5. The maximum atomic E-state index is 12.8. The van der Waals surface area contributed by atoms with Crippen molar-refractivity contribution in [1.82, 2.24) is 24.5 Å². The highest BCUT2D eigenvalue weighted by Gasteiger charge is 2.23. The molecule has 124 valence electrons. The Morgan fingerprint density at radius 1 is 1.25 bits per heavy atom.